The number of hydrogen-bond donors (Lipinski definition) is 0. The van der Waals surface area contributed by atoms with Crippen LogP contribution in [0.5, 0.6) is 0 Å². The molecule has 0 spiro atoms. The molecular weight excluding hydrogens is 290 g/mol. The summed E-state index contributed by atoms with van der Waals surface area (Å²) in [6.45, 7) is 6.05. The minimum Gasteiger partial charge on any atom is -0.341 e. The Balaban J connectivity index is 2.14. The van der Waals surface area contributed by atoms with Crippen molar-refractivity contribution in [2.45, 2.75) is 46.0 Å². The molecule has 20 heavy (non-hydrogen) atoms. The number of anilines is 1. The molecule has 1 aliphatic rings. The Labute approximate surface area is 129 Å². The van der Waals surface area contributed by atoms with Crippen LogP contribution in [0.3, 0.4) is 0 Å². The maximum absolute atomic E-state index is 6.48. The summed E-state index contributed by atoms with van der Waals surface area (Å²) in [6.07, 6.45) is 6.16. The van der Waals surface area contributed by atoms with Crippen molar-refractivity contribution in [2.75, 3.05) is 18.0 Å². The number of aromatic nitrogens is 2. The number of rotatable bonds is 3. The van der Waals surface area contributed by atoms with Crippen LogP contribution in [0.1, 0.15) is 43.6 Å². The van der Waals surface area contributed by atoms with E-state index in [0.717, 1.165) is 35.7 Å². The largest absolute Gasteiger partial charge is 0.341 e. The van der Waals surface area contributed by atoms with Gasteiger partial charge in [-0.15, -0.1) is 11.3 Å². The van der Waals surface area contributed by atoms with Gasteiger partial charge < -0.3 is 4.90 Å². The maximum Gasteiger partial charge on any atom is 0.228 e. The van der Waals surface area contributed by atoms with Crippen LogP contribution in [-0.2, 0) is 12.8 Å². The second-order valence-electron chi connectivity index (χ2n) is 5.23. The smallest absolute Gasteiger partial charge is 0.228 e. The van der Waals surface area contributed by atoms with Gasteiger partial charge in [-0.05, 0) is 45.1 Å². The van der Waals surface area contributed by atoms with E-state index >= 15 is 0 Å². The third kappa shape index (κ3) is 2.40. The lowest BCUT2D eigenvalue weighted by atomic mass is 10.1. The van der Waals surface area contributed by atoms with Crippen LogP contribution < -0.4 is 4.90 Å². The predicted molar refractivity (Wildman–Crippen MR) is 87.2 cm³/mol. The van der Waals surface area contributed by atoms with Crippen LogP contribution in [0.25, 0.3) is 10.2 Å². The van der Waals surface area contributed by atoms with Gasteiger partial charge in [0.1, 0.15) is 9.98 Å². The molecular formula is C15H20ClN3S. The van der Waals surface area contributed by atoms with Crippen LogP contribution in [-0.4, -0.2) is 23.1 Å². The van der Waals surface area contributed by atoms with Gasteiger partial charge in [0.2, 0.25) is 5.95 Å². The second kappa shape index (κ2) is 5.86. The van der Waals surface area contributed by atoms with E-state index in [9.17, 15) is 0 Å². The first kappa shape index (κ1) is 14.1. The van der Waals surface area contributed by atoms with Gasteiger partial charge in [-0.3, -0.25) is 0 Å². The molecule has 2 aromatic rings. The Kier molecular flexibility index (Phi) is 4.13. The van der Waals surface area contributed by atoms with Crippen LogP contribution in [0, 0.1) is 0 Å². The predicted octanol–water partition coefficient (Wildman–Crippen LogP) is 4.46. The summed E-state index contributed by atoms with van der Waals surface area (Å²) in [5.74, 6) is 0.768. The highest BCUT2D eigenvalue weighted by Gasteiger charge is 2.20. The SMILES string of the molecule is CCN(CC)c1nc(Cl)c2c3c(sc2n1)CCCCC3. The van der Waals surface area contributed by atoms with Crippen molar-refractivity contribution >= 4 is 39.1 Å². The van der Waals surface area contributed by atoms with Gasteiger partial charge in [0.15, 0.2) is 0 Å². The highest BCUT2D eigenvalue weighted by molar-refractivity contribution is 7.19. The van der Waals surface area contributed by atoms with Crippen molar-refractivity contribution < 1.29 is 0 Å². The minimum atomic E-state index is 0.635. The van der Waals surface area contributed by atoms with E-state index < -0.39 is 0 Å². The highest BCUT2D eigenvalue weighted by Crippen LogP contribution is 2.38. The van der Waals surface area contributed by atoms with Crippen molar-refractivity contribution in [1.29, 1.82) is 0 Å². The van der Waals surface area contributed by atoms with E-state index in [-0.39, 0.29) is 0 Å². The molecule has 108 valence electrons. The van der Waals surface area contributed by atoms with Crippen LogP contribution in [0.15, 0.2) is 0 Å². The number of thiophene rings is 1. The van der Waals surface area contributed by atoms with Crippen molar-refractivity contribution in [3.8, 4) is 0 Å². The van der Waals surface area contributed by atoms with Crippen molar-refractivity contribution in [1.82, 2.24) is 9.97 Å². The van der Waals surface area contributed by atoms with Crippen molar-refractivity contribution in [3.05, 3.63) is 15.6 Å². The number of aryl methyl sites for hydroxylation is 2. The summed E-state index contributed by atoms with van der Waals surface area (Å²) in [4.78, 5) is 14.0. The topological polar surface area (TPSA) is 29.0 Å². The molecule has 3 nitrogen and oxygen atoms in total. The second-order valence-corrected chi connectivity index (χ2v) is 6.67. The van der Waals surface area contributed by atoms with E-state index in [1.165, 1.54) is 36.1 Å². The van der Waals surface area contributed by atoms with Gasteiger partial charge >= 0.3 is 0 Å². The quantitative estimate of drug-likeness (QED) is 0.619. The highest BCUT2D eigenvalue weighted by atomic mass is 35.5. The summed E-state index contributed by atoms with van der Waals surface area (Å²) in [5, 5.41) is 1.75. The standard InChI is InChI=1S/C15H20ClN3S/c1-3-19(4-2)15-17-13(16)12-10-8-6-5-7-9-11(10)20-14(12)18-15/h3-9H2,1-2H3. The fourth-order valence-electron chi connectivity index (χ4n) is 2.93. The third-order valence-corrected chi connectivity index (χ3v) is 5.51. The van der Waals surface area contributed by atoms with E-state index in [0.29, 0.717) is 5.15 Å². The minimum absolute atomic E-state index is 0.635. The first-order valence-corrected chi connectivity index (χ1v) is 8.66. The number of fused-ring (bicyclic) bond motifs is 3. The first-order chi connectivity index (χ1) is 9.74. The zero-order chi connectivity index (χ0) is 14.1. The molecule has 2 aromatic heterocycles. The average Bonchev–Trinajstić information content (AvgIpc) is 2.63. The molecule has 0 saturated carbocycles. The van der Waals surface area contributed by atoms with Gasteiger partial charge in [-0.2, -0.15) is 0 Å². The summed E-state index contributed by atoms with van der Waals surface area (Å²) in [6, 6.07) is 0. The molecule has 0 amide bonds. The van der Waals surface area contributed by atoms with Crippen molar-refractivity contribution in [3.63, 3.8) is 0 Å². The number of halogens is 1. The van der Waals surface area contributed by atoms with E-state index in [1.807, 2.05) is 11.3 Å². The molecule has 0 N–H and O–H groups in total. The van der Waals surface area contributed by atoms with E-state index in [2.05, 4.69) is 23.7 Å². The zero-order valence-electron chi connectivity index (χ0n) is 12.1. The molecule has 0 unspecified atom stereocenters. The van der Waals surface area contributed by atoms with Gasteiger partial charge in [-0.25, -0.2) is 9.97 Å². The van der Waals surface area contributed by atoms with Crippen LogP contribution in [0.4, 0.5) is 5.95 Å². The Morgan fingerprint density at radius 3 is 2.60 bits per heavy atom. The summed E-state index contributed by atoms with van der Waals surface area (Å²) < 4.78 is 0. The summed E-state index contributed by atoms with van der Waals surface area (Å²) in [7, 11) is 0. The third-order valence-electron chi connectivity index (χ3n) is 4.06. The monoisotopic (exact) mass is 309 g/mol. The molecule has 5 heteroatoms. The molecule has 0 fully saturated rings. The Morgan fingerprint density at radius 1 is 1.10 bits per heavy atom. The molecule has 3 rings (SSSR count). The lowest BCUT2D eigenvalue weighted by Crippen LogP contribution is -2.24. The Bertz CT molecular complexity index is 619. The Morgan fingerprint density at radius 2 is 1.85 bits per heavy atom. The molecule has 0 radical (unpaired) electrons. The lowest BCUT2D eigenvalue weighted by Gasteiger charge is -2.18. The number of hydrogen-bond acceptors (Lipinski definition) is 4. The molecule has 0 aliphatic heterocycles. The molecule has 0 bridgehead atoms. The van der Waals surface area contributed by atoms with Gasteiger partial charge in [-0.1, -0.05) is 18.0 Å². The average molecular weight is 310 g/mol. The van der Waals surface area contributed by atoms with Gasteiger partial charge in [0, 0.05) is 18.0 Å². The van der Waals surface area contributed by atoms with Gasteiger partial charge in [0.05, 0.1) is 5.39 Å². The zero-order valence-corrected chi connectivity index (χ0v) is 13.7. The van der Waals surface area contributed by atoms with Crippen LogP contribution >= 0.6 is 22.9 Å². The molecule has 0 aromatic carbocycles. The number of nitrogens with zero attached hydrogens (tertiary/aromatic N) is 3. The summed E-state index contributed by atoms with van der Waals surface area (Å²) in [5.41, 5.74) is 1.42. The van der Waals surface area contributed by atoms with Gasteiger partial charge in [0.25, 0.3) is 0 Å². The fourth-order valence-corrected chi connectivity index (χ4v) is 4.52. The molecule has 0 atom stereocenters. The molecule has 1 aliphatic carbocycles. The normalized spacial score (nSPS) is 15.2. The molecule has 0 saturated heterocycles. The lowest BCUT2D eigenvalue weighted by molar-refractivity contribution is 0.713. The first-order valence-electron chi connectivity index (χ1n) is 7.47. The maximum atomic E-state index is 6.48. The van der Waals surface area contributed by atoms with Crippen LogP contribution in [0.2, 0.25) is 5.15 Å². The van der Waals surface area contributed by atoms with E-state index in [4.69, 9.17) is 16.6 Å². The fraction of sp³-hybridized carbons (Fsp3) is 0.600. The molecule has 2 heterocycles. The Hall–Kier alpha value is -0.870. The van der Waals surface area contributed by atoms with Crippen molar-refractivity contribution in [2.24, 2.45) is 0 Å². The summed E-state index contributed by atoms with van der Waals surface area (Å²) >= 11 is 8.30. The van der Waals surface area contributed by atoms with E-state index in [1.54, 1.807) is 0 Å².